The van der Waals surface area contributed by atoms with E-state index < -0.39 is 0 Å². The van der Waals surface area contributed by atoms with Gasteiger partial charge in [-0.2, -0.15) is 0 Å². The van der Waals surface area contributed by atoms with Crippen molar-refractivity contribution in [2.75, 3.05) is 5.75 Å². The highest BCUT2D eigenvalue weighted by atomic mass is 35.5. The lowest BCUT2D eigenvalue weighted by atomic mass is 10.4. The monoisotopic (exact) mass is 258 g/mol. The molecule has 15 heavy (non-hydrogen) atoms. The van der Waals surface area contributed by atoms with E-state index >= 15 is 0 Å². The van der Waals surface area contributed by atoms with Crippen molar-refractivity contribution in [2.45, 2.75) is 24.8 Å². The Balaban J connectivity index is 2.29. The molecule has 0 spiro atoms. The average Bonchev–Trinajstić information content (AvgIpc) is 2.62. The van der Waals surface area contributed by atoms with E-state index in [0.29, 0.717) is 0 Å². The molecule has 5 heteroatoms. The van der Waals surface area contributed by atoms with Crippen LogP contribution in [0.2, 0.25) is 5.02 Å². The first-order valence-electron chi connectivity index (χ1n) is 4.83. The molecule has 2 aromatic heterocycles. The molecule has 0 aliphatic heterocycles. The van der Waals surface area contributed by atoms with Gasteiger partial charge in [0.15, 0.2) is 0 Å². The molecule has 0 fully saturated rings. The summed E-state index contributed by atoms with van der Waals surface area (Å²) < 4.78 is 0. The largest absolute Gasteiger partial charge is 0.229 e. The van der Waals surface area contributed by atoms with E-state index in [-0.39, 0.29) is 0 Å². The lowest BCUT2D eigenvalue weighted by Gasteiger charge is -2.01. The Morgan fingerprint density at radius 3 is 3.13 bits per heavy atom. The molecule has 0 radical (unpaired) electrons. The van der Waals surface area contributed by atoms with Crippen LogP contribution in [0.5, 0.6) is 0 Å². The van der Waals surface area contributed by atoms with Crippen molar-refractivity contribution >= 4 is 44.9 Å². The smallest absolute Gasteiger partial charge is 0.129 e. The molecule has 0 aromatic carbocycles. The molecule has 0 unspecified atom stereocenters. The van der Waals surface area contributed by atoms with Gasteiger partial charge in [0, 0.05) is 5.38 Å². The fourth-order valence-corrected chi connectivity index (χ4v) is 3.59. The van der Waals surface area contributed by atoms with E-state index in [4.69, 9.17) is 11.6 Å². The number of thiophene rings is 1. The molecule has 0 saturated heterocycles. The second kappa shape index (κ2) is 5.14. The molecule has 2 rings (SSSR count). The normalized spacial score (nSPS) is 11.1. The van der Waals surface area contributed by atoms with E-state index in [1.54, 1.807) is 29.4 Å². The molecule has 80 valence electrons. The Bertz CT molecular complexity index is 456. The molecule has 0 saturated carbocycles. The van der Waals surface area contributed by atoms with Gasteiger partial charge in [0.05, 0.1) is 10.4 Å². The Hall–Kier alpha value is -0.320. The second-order valence-electron chi connectivity index (χ2n) is 3.14. The molecule has 0 N–H and O–H groups in total. The van der Waals surface area contributed by atoms with Crippen LogP contribution in [-0.4, -0.2) is 15.7 Å². The van der Waals surface area contributed by atoms with Gasteiger partial charge in [-0.05, 0) is 12.2 Å². The van der Waals surface area contributed by atoms with Crippen LogP contribution in [-0.2, 0) is 0 Å². The number of rotatable bonds is 4. The fourth-order valence-electron chi connectivity index (χ4n) is 1.24. The number of fused-ring (bicyclic) bond motifs is 1. The molecule has 0 aliphatic carbocycles. The number of nitrogens with zero attached hydrogens (tertiary/aromatic N) is 2. The van der Waals surface area contributed by atoms with Gasteiger partial charge in [0.2, 0.25) is 0 Å². The summed E-state index contributed by atoms with van der Waals surface area (Å²) >= 11 is 9.44. The van der Waals surface area contributed by atoms with Gasteiger partial charge in [-0.15, -0.1) is 23.1 Å². The quantitative estimate of drug-likeness (QED) is 0.466. The van der Waals surface area contributed by atoms with Gasteiger partial charge in [-0.25, -0.2) is 9.97 Å². The van der Waals surface area contributed by atoms with Crippen LogP contribution >= 0.6 is 34.7 Å². The Morgan fingerprint density at radius 2 is 2.33 bits per heavy atom. The van der Waals surface area contributed by atoms with Gasteiger partial charge in [-0.3, -0.25) is 0 Å². The third-order valence-electron chi connectivity index (χ3n) is 2.03. The topological polar surface area (TPSA) is 25.8 Å². The van der Waals surface area contributed by atoms with Crippen LogP contribution in [0.25, 0.3) is 10.2 Å². The minimum Gasteiger partial charge on any atom is -0.229 e. The highest BCUT2D eigenvalue weighted by Gasteiger charge is 2.09. The van der Waals surface area contributed by atoms with E-state index in [2.05, 4.69) is 16.9 Å². The van der Waals surface area contributed by atoms with Crippen LogP contribution in [0.1, 0.15) is 19.8 Å². The third kappa shape index (κ3) is 2.44. The average molecular weight is 259 g/mol. The van der Waals surface area contributed by atoms with Crippen LogP contribution in [0.4, 0.5) is 0 Å². The Morgan fingerprint density at radius 1 is 1.47 bits per heavy atom. The summed E-state index contributed by atoms with van der Waals surface area (Å²) in [5, 5.41) is 4.73. The zero-order valence-electron chi connectivity index (χ0n) is 8.36. The predicted molar refractivity (Wildman–Crippen MR) is 68.1 cm³/mol. The van der Waals surface area contributed by atoms with Gasteiger partial charge in [0.25, 0.3) is 0 Å². The molecule has 2 nitrogen and oxygen atoms in total. The first kappa shape index (κ1) is 11.2. The number of hydrogen-bond donors (Lipinski definition) is 0. The summed E-state index contributed by atoms with van der Waals surface area (Å²) in [6.45, 7) is 2.19. The number of halogens is 1. The lowest BCUT2D eigenvalue weighted by Crippen LogP contribution is -1.85. The van der Waals surface area contributed by atoms with Crippen molar-refractivity contribution in [1.82, 2.24) is 9.97 Å². The molecule has 2 heterocycles. The standard InChI is InChI=1S/C10H11ClN2S2/c1-2-3-4-14-9-8-7(11)5-15-10(8)13-6-12-9/h5-6H,2-4H2,1H3. The molecular formula is C10H11ClN2S2. The van der Waals surface area contributed by atoms with Crippen molar-refractivity contribution in [3.05, 3.63) is 16.7 Å². The zero-order valence-corrected chi connectivity index (χ0v) is 10.8. The molecular weight excluding hydrogens is 248 g/mol. The highest BCUT2D eigenvalue weighted by molar-refractivity contribution is 7.99. The summed E-state index contributed by atoms with van der Waals surface area (Å²) in [4.78, 5) is 9.47. The highest BCUT2D eigenvalue weighted by Crippen LogP contribution is 2.34. The summed E-state index contributed by atoms with van der Waals surface area (Å²) in [6, 6.07) is 0. The number of thioether (sulfide) groups is 1. The first-order valence-corrected chi connectivity index (χ1v) is 7.07. The minimum absolute atomic E-state index is 0.773. The lowest BCUT2D eigenvalue weighted by molar-refractivity contribution is 0.895. The van der Waals surface area contributed by atoms with Crippen LogP contribution in [0.15, 0.2) is 16.7 Å². The first-order chi connectivity index (χ1) is 7.33. The predicted octanol–water partition coefficient (Wildman–Crippen LogP) is 4.24. The summed E-state index contributed by atoms with van der Waals surface area (Å²) in [5.74, 6) is 1.09. The number of unbranched alkanes of at least 4 members (excludes halogenated alkanes) is 1. The number of aromatic nitrogens is 2. The zero-order chi connectivity index (χ0) is 10.7. The molecule has 0 bridgehead atoms. The maximum absolute atomic E-state index is 6.11. The van der Waals surface area contributed by atoms with E-state index in [0.717, 1.165) is 26.0 Å². The van der Waals surface area contributed by atoms with Gasteiger partial charge in [0.1, 0.15) is 16.2 Å². The van der Waals surface area contributed by atoms with Gasteiger partial charge >= 0.3 is 0 Å². The van der Waals surface area contributed by atoms with Crippen LogP contribution < -0.4 is 0 Å². The maximum atomic E-state index is 6.11. The Kier molecular flexibility index (Phi) is 3.83. The second-order valence-corrected chi connectivity index (χ2v) is 5.49. The Labute approximate surface area is 102 Å². The van der Waals surface area contributed by atoms with E-state index in [9.17, 15) is 0 Å². The minimum atomic E-state index is 0.773. The third-order valence-corrected chi connectivity index (χ3v) is 4.42. The fraction of sp³-hybridized carbons (Fsp3) is 0.400. The van der Waals surface area contributed by atoms with E-state index in [1.807, 2.05) is 5.38 Å². The van der Waals surface area contributed by atoms with Crippen molar-refractivity contribution in [3.8, 4) is 0 Å². The van der Waals surface area contributed by atoms with E-state index in [1.165, 1.54) is 12.8 Å². The summed E-state index contributed by atoms with van der Waals surface area (Å²) in [7, 11) is 0. The van der Waals surface area contributed by atoms with Crippen LogP contribution in [0.3, 0.4) is 0 Å². The van der Waals surface area contributed by atoms with Crippen molar-refractivity contribution < 1.29 is 0 Å². The maximum Gasteiger partial charge on any atom is 0.129 e. The van der Waals surface area contributed by atoms with Crippen LogP contribution in [0, 0.1) is 0 Å². The van der Waals surface area contributed by atoms with Crippen molar-refractivity contribution in [1.29, 1.82) is 0 Å². The summed E-state index contributed by atoms with van der Waals surface area (Å²) in [6.07, 6.45) is 4.03. The number of hydrogen-bond acceptors (Lipinski definition) is 4. The summed E-state index contributed by atoms with van der Waals surface area (Å²) in [5.41, 5.74) is 0. The molecule has 2 aromatic rings. The SMILES string of the molecule is CCCCSc1ncnc2scc(Cl)c12. The molecule has 0 atom stereocenters. The van der Waals surface area contributed by atoms with Gasteiger partial charge < -0.3 is 0 Å². The van der Waals surface area contributed by atoms with Crippen molar-refractivity contribution in [3.63, 3.8) is 0 Å². The molecule has 0 amide bonds. The van der Waals surface area contributed by atoms with Crippen molar-refractivity contribution in [2.24, 2.45) is 0 Å². The molecule has 0 aliphatic rings. The van der Waals surface area contributed by atoms with Gasteiger partial charge in [-0.1, -0.05) is 24.9 Å².